The average Bonchev–Trinajstić information content (AvgIpc) is 3.19. The monoisotopic (exact) mass is 746 g/mol. The minimum Gasteiger partial charge on any atom is -0.507 e. The molecule has 270 valence electrons. The minimum atomic E-state index is 0.165. The number of rotatable bonds is 13. The van der Waals surface area contributed by atoms with E-state index in [1.165, 1.54) is 11.1 Å². The highest BCUT2D eigenvalue weighted by molar-refractivity contribution is 8.76. The molecule has 6 heteroatoms. The lowest BCUT2D eigenvalue weighted by molar-refractivity contribution is 0.470. The lowest BCUT2D eigenvalue weighted by Gasteiger charge is -2.15. The number of fused-ring (bicyclic) bond motifs is 4. The van der Waals surface area contributed by atoms with Crippen LogP contribution in [0.3, 0.4) is 0 Å². The fraction of sp³-hybridized carbons (Fsp3) is 0.167. The molecular weight excluding hydrogens is 705 g/mol. The van der Waals surface area contributed by atoms with E-state index < -0.39 is 0 Å². The van der Waals surface area contributed by atoms with E-state index >= 15 is 0 Å². The average molecular weight is 747 g/mol. The summed E-state index contributed by atoms with van der Waals surface area (Å²) < 4.78 is 0. The molecule has 0 saturated carbocycles. The molecule has 8 aromatic rings. The minimum absolute atomic E-state index is 0.165. The van der Waals surface area contributed by atoms with Crippen LogP contribution in [0.15, 0.2) is 133 Å². The van der Waals surface area contributed by atoms with Gasteiger partial charge in [-0.2, -0.15) is 0 Å². The summed E-state index contributed by atoms with van der Waals surface area (Å²) in [5.74, 6) is 2.92. The number of hydrogen-bond donors (Lipinski definition) is 4. The van der Waals surface area contributed by atoms with Crippen molar-refractivity contribution in [3.8, 4) is 45.3 Å². The van der Waals surface area contributed by atoms with E-state index in [0.717, 1.165) is 93.1 Å². The van der Waals surface area contributed by atoms with Gasteiger partial charge >= 0.3 is 0 Å². The van der Waals surface area contributed by atoms with Gasteiger partial charge in [0.2, 0.25) is 0 Å². The third-order valence-corrected chi connectivity index (χ3v) is 13.0. The predicted molar refractivity (Wildman–Crippen MR) is 231 cm³/mol. The van der Waals surface area contributed by atoms with Crippen molar-refractivity contribution in [1.29, 1.82) is 0 Å². The standard InChI is InChI=1S/C48H42O4S2/c49-41-23-17-33-11-1-3-13-37(33)45(41)47-39-21-15-31(29-35(39)19-25-43(47)51)9-5-7-27-53-54-28-8-6-10-32-16-22-40-36(30-32)20-26-44(52)48(40)46-38-14-4-2-12-34(38)18-24-42(46)50/h1-4,11-26,29-30,49-52H,5-10,27-28H2. The Morgan fingerprint density at radius 2 is 0.685 bits per heavy atom. The van der Waals surface area contributed by atoms with Crippen molar-refractivity contribution in [3.63, 3.8) is 0 Å². The molecule has 0 amide bonds. The maximum Gasteiger partial charge on any atom is 0.124 e. The molecule has 0 unspecified atom stereocenters. The van der Waals surface area contributed by atoms with Crippen LogP contribution >= 0.6 is 21.6 Å². The fourth-order valence-electron chi connectivity index (χ4n) is 7.72. The van der Waals surface area contributed by atoms with Crippen molar-refractivity contribution in [2.75, 3.05) is 11.5 Å². The van der Waals surface area contributed by atoms with Crippen LogP contribution in [0, 0.1) is 0 Å². The Labute approximate surface area is 323 Å². The van der Waals surface area contributed by atoms with Crippen LogP contribution in [0.5, 0.6) is 23.0 Å². The number of hydrogen-bond acceptors (Lipinski definition) is 6. The van der Waals surface area contributed by atoms with Crippen LogP contribution < -0.4 is 0 Å². The summed E-state index contributed by atoms with van der Waals surface area (Å²) in [5.41, 5.74) is 5.26. The molecule has 0 bridgehead atoms. The van der Waals surface area contributed by atoms with Crippen LogP contribution in [0.1, 0.15) is 36.8 Å². The van der Waals surface area contributed by atoms with Gasteiger partial charge in [0.1, 0.15) is 23.0 Å². The van der Waals surface area contributed by atoms with Crippen molar-refractivity contribution in [2.24, 2.45) is 0 Å². The van der Waals surface area contributed by atoms with Gasteiger partial charge in [0.25, 0.3) is 0 Å². The molecule has 0 aliphatic rings. The van der Waals surface area contributed by atoms with Gasteiger partial charge in [-0.1, -0.05) is 131 Å². The van der Waals surface area contributed by atoms with Crippen LogP contribution in [-0.2, 0) is 12.8 Å². The first-order chi connectivity index (χ1) is 26.5. The molecule has 0 fully saturated rings. The molecule has 0 aliphatic carbocycles. The zero-order valence-corrected chi connectivity index (χ0v) is 31.6. The first-order valence-electron chi connectivity index (χ1n) is 18.6. The third kappa shape index (κ3) is 7.29. The Morgan fingerprint density at radius 3 is 1.09 bits per heavy atom. The zero-order chi connectivity index (χ0) is 37.0. The Balaban J connectivity index is 0.806. The SMILES string of the molecule is Oc1ccc2ccccc2c1-c1c(O)ccc2cc(CCCCSSCCCCc3ccc4c(-c5c(O)ccc6ccccc56)c(O)ccc4c3)ccc12. The van der Waals surface area contributed by atoms with Gasteiger partial charge < -0.3 is 20.4 Å². The molecule has 8 aromatic carbocycles. The summed E-state index contributed by atoms with van der Waals surface area (Å²) in [6.07, 6.45) is 6.57. The van der Waals surface area contributed by atoms with Gasteiger partial charge in [0, 0.05) is 33.8 Å². The van der Waals surface area contributed by atoms with Crippen molar-refractivity contribution >= 4 is 64.7 Å². The summed E-state index contributed by atoms with van der Waals surface area (Å²) in [7, 11) is 3.93. The van der Waals surface area contributed by atoms with Crippen LogP contribution in [-0.4, -0.2) is 31.9 Å². The molecule has 0 spiro atoms. The van der Waals surface area contributed by atoms with Crippen LogP contribution in [0.4, 0.5) is 0 Å². The Morgan fingerprint density at radius 1 is 0.333 bits per heavy atom. The highest BCUT2D eigenvalue weighted by Crippen LogP contribution is 2.46. The smallest absolute Gasteiger partial charge is 0.124 e. The van der Waals surface area contributed by atoms with Gasteiger partial charge in [-0.15, -0.1) is 0 Å². The van der Waals surface area contributed by atoms with E-state index in [0.29, 0.717) is 22.3 Å². The van der Waals surface area contributed by atoms with Gasteiger partial charge in [-0.25, -0.2) is 0 Å². The maximum absolute atomic E-state index is 10.9. The molecule has 0 atom stereocenters. The Hall–Kier alpha value is -5.30. The molecule has 4 nitrogen and oxygen atoms in total. The van der Waals surface area contributed by atoms with Crippen molar-refractivity contribution in [2.45, 2.75) is 38.5 Å². The zero-order valence-electron chi connectivity index (χ0n) is 30.0. The molecule has 0 radical (unpaired) electrons. The molecule has 54 heavy (non-hydrogen) atoms. The molecule has 4 N–H and O–H groups in total. The summed E-state index contributed by atoms with van der Waals surface area (Å²) in [6, 6.07) is 43.5. The lowest BCUT2D eigenvalue weighted by atomic mass is 9.91. The van der Waals surface area contributed by atoms with Gasteiger partial charge in [-0.05, 0) is 117 Å². The second-order valence-corrected chi connectivity index (χ2v) is 16.7. The second-order valence-electron chi connectivity index (χ2n) is 14.0. The molecule has 0 aromatic heterocycles. The summed E-state index contributed by atoms with van der Waals surface area (Å²) in [5, 5.41) is 51.5. The van der Waals surface area contributed by atoms with E-state index in [1.807, 2.05) is 94.4 Å². The maximum atomic E-state index is 10.9. The number of aromatic hydroxyl groups is 4. The van der Waals surface area contributed by atoms with E-state index in [4.69, 9.17) is 0 Å². The second kappa shape index (κ2) is 16.0. The Kier molecular flexibility index (Phi) is 10.6. The van der Waals surface area contributed by atoms with Crippen LogP contribution in [0.2, 0.25) is 0 Å². The topological polar surface area (TPSA) is 80.9 Å². The number of aryl methyl sites for hydroxylation is 2. The summed E-state index contributed by atoms with van der Waals surface area (Å²) in [4.78, 5) is 0. The van der Waals surface area contributed by atoms with Crippen LogP contribution in [0.25, 0.3) is 65.3 Å². The first kappa shape index (κ1) is 35.7. The van der Waals surface area contributed by atoms with Crippen molar-refractivity contribution in [3.05, 3.63) is 145 Å². The Bertz CT molecular complexity index is 2450. The van der Waals surface area contributed by atoms with E-state index in [-0.39, 0.29) is 23.0 Å². The number of phenols is 4. The third-order valence-electron chi connectivity index (χ3n) is 10.4. The summed E-state index contributed by atoms with van der Waals surface area (Å²) >= 11 is 0. The quantitative estimate of drug-likeness (QED) is 0.0695. The van der Waals surface area contributed by atoms with Crippen molar-refractivity contribution in [1.82, 2.24) is 0 Å². The fourth-order valence-corrected chi connectivity index (χ4v) is 10.0. The number of unbranched alkanes of at least 4 members (excludes halogenated alkanes) is 2. The lowest BCUT2D eigenvalue weighted by Crippen LogP contribution is -1.91. The molecule has 0 saturated heterocycles. The van der Waals surface area contributed by atoms with Gasteiger partial charge in [-0.3, -0.25) is 0 Å². The van der Waals surface area contributed by atoms with Crippen molar-refractivity contribution < 1.29 is 20.4 Å². The summed E-state index contributed by atoms with van der Waals surface area (Å²) in [6.45, 7) is 0. The number of benzene rings is 8. The van der Waals surface area contributed by atoms with E-state index in [2.05, 4.69) is 36.4 Å². The molecular formula is C48H42O4S2. The van der Waals surface area contributed by atoms with E-state index in [9.17, 15) is 20.4 Å². The predicted octanol–water partition coefficient (Wildman–Crippen LogP) is 13.2. The molecule has 0 aliphatic heterocycles. The van der Waals surface area contributed by atoms with E-state index in [1.54, 1.807) is 24.3 Å². The van der Waals surface area contributed by atoms with Gasteiger partial charge in [0.15, 0.2) is 0 Å². The normalized spacial score (nSPS) is 11.6. The molecule has 0 heterocycles. The number of phenolic OH excluding ortho intramolecular Hbond substituents is 4. The molecule has 8 rings (SSSR count). The largest absolute Gasteiger partial charge is 0.507 e. The first-order valence-corrected chi connectivity index (χ1v) is 21.1. The highest BCUT2D eigenvalue weighted by atomic mass is 33.1. The highest BCUT2D eigenvalue weighted by Gasteiger charge is 2.18. The van der Waals surface area contributed by atoms with Gasteiger partial charge in [0.05, 0.1) is 0 Å².